The van der Waals surface area contributed by atoms with E-state index in [4.69, 9.17) is 4.42 Å². The Hall–Kier alpha value is -1.41. The third kappa shape index (κ3) is 4.32. The lowest BCUT2D eigenvalue weighted by Crippen LogP contribution is -2.45. The molecular formula is C15H20ClN3O3S. The standard InChI is InChI=1S/C15H19N3O3S.ClH/c1-11-17-15(10-21-11)12-4-6-14(7-5-12)22(19,20)18-13-3-2-8-16-9-13;/h4-7,10,13,16,18H,2-3,8-9H2,1H3;1H. The number of piperidine rings is 1. The second-order valence-corrected chi connectivity index (χ2v) is 7.15. The molecule has 126 valence electrons. The van der Waals surface area contributed by atoms with Gasteiger partial charge in [0.2, 0.25) is 10.0 Å². The van der Waals surface area contributed by atoms with E-state index < -0.39 is 10.0 Å². The molecule has 1 aliphatic rings. The number of hydrogen-bond acceptors (Lipinski definition) is 5. The summed E-state index contributed by atoms with van der Waals surface area (Å²) in [4.78, 5) is 4.49. The molecule has 2 heterocycles. The maximum atomic E-state index is 12.4. The van der Waals surface area contributed by atoms with E-state index in [9.17, 15) is 8.42 Å². The molecule has 0 radical (unpaired) electrons. The Morgan fingerprint density at radius 3 is 2.61 bits per heavy atom. The summed E-state index contributed by atoms with van der Waals surface area (Å²) in [6.45, 7) is 3.39. The van der Waals surface area contributed by atoms with Crippen molar-refractivity contribution < 1.29 is 12.8 Å². The van der Waals surface area contributed by atoms with E-state index in [-0.39, 0.29) is 23.3 Å². The maximum Gasteiger partial charge on any atom is 0.240 e. The molecule has 1 atom stereocenters. The van der Waals surface area contributed by atoms with E-state index in [2.05, 4.69) is 15.0 Å². The van der Waals surface area contributed by atoms with Gasteiger partial charge in [0.05, 0.1) is 4.90 Å². The van der Waals surface area contributed by atoms with Gasteiger partial charge in [-0.2, -0.15) is 0 Å². The summed E-state index contributed by atoms with van der Waals surface area (Å²) in [7, 11) is -3.49. The Bertz CT molecular complexity index is 738. The molecule has 0 spiro atoms. The number of rotatable bonds is 4. The fraction of sp³-hybridized carbons (Fsp3) is 0.400. The summed E-state index contributed by atoms with van der Waals surface area (Å²) in [5.41, 5.74) is 1.53. The fourth-order valence-electron chi connectivity index (χ4n) is 2.54. The highest BCUT2D eigenvalue weighted by molar-refractivity contribution is 7.89. The molecular weight excluding hydrogens is 338 g/mol. The molecule has 6 nitrogen and oxygen atoms in total. The minimum Gasteiger partial charge on any atom is -0.449 e. The van der Waals surface area contributed by atoms with E-state index in [0.717, 1.165) is 24.9 Å². The molecule has 0 amide bonds. The smallest absolute Gasteiger partial charge is 0.240 e. The van der Waals surface area contributed by atoms with Crippen LogP contribution in [-0.4, -0.2) is 32.5 Å². The van der Waals surface area contributed by atoms with Gasteiger partial charge in [0.25, 0.3) is 0 Å². The van der Waals surface area contributed by atoms with Crippen molar-refractivity contribution in [3.63, 3.8) is 0 Å². The summed E-state index contributed by atoms with van der Waals surface area (Å²) in [5.74, 6) is 0.582. The number of benzene rings is 1. The molecule has 0 saturated carbocycles. The number of nitrogens with one attached hydrogen (secondary N) is 2. The normalized spacial score (nSPS) is 18.4. The van der Waals surface area contributed by atoms with Gasteiger partial charge in [-0.15, -0.1) is 12.4 Å². The Morgan fingerprint density at radius 1 is 1.30 bits per heavy atom. The third-order valence-corrected chi connectivity index (χ3v) is 5.23. The van der Waals surface area contributed by atoms with Crippen molar-refractivity contribution in [3.8, 4) is 11.3 Å². The Labute approximate surface area is 142 Å². The van der Waals surface area contributed by atoms with Gasteiger partial charge < -0.3 is 9.73 Å². The van der Waals surface area contributed by atoms with Crippen LogP contribution >= 0.6 is 12.4 Å². The summed E-state index contributed by atoms with van der Waals surface area (Å²) < 4.78 is 32.7. The van der Waals surface area contributed by atoms with Crippen LogP contribution in [0.15, 0.2) is 39.8 Å². The van der Waals surface area contributed by atoms with Crippen molar-refractivity contribution in [1.82, 2.24) is 15.0 Å². The predicted molar refractivity (Wildman–Crippen MR) is 90.1 cm³/mol. The van der Waals surface area contributed by atoms with Crippen molar-refractivity contribution in [1.29, 1.82) is 0 Å². The molecule has 3 rings (SSSR count). The number of aromatic nitrogens is 1. The van der Waals surface area contributed by atoms with E-state index in [1.807, 2.05) is 0 Å². The topological polar surface area (TPSA) is 84.2 Å². The first-order valence-corrected chi connectivity index (χ1v) is 8.78. The quantitative estimate of drug-likeness (QED) is 0.875. The molecule has 2 aromatic rings. The highest BCUT2D eigenvalue weighted by Crippen LogP contribution is 2.21. The number of halogens is 1. The van der Waals surface area contributed by atoms with Crippen LogP contribution in [0.3, 0.4) is 0 Å². The lowest BCUT2D eigenvalue weighted by molar-refractivity contribution is 0.428. The number of oxazole rings is 1. The minimum absolute atomic E-state index is 0. The zero-order chi connectivity index (χ0) is 15.6. The van der Waals surface area contributed by atoms with Crippen molar-refractivity contribution in [2.75, 3.05) is 13.1 Å². The first-order valence-electron chi connectivity index (χ1n) is 7.30. The van der Waals surface area contributed by atoms with Gasteiger partial charge in [0, 0.05) is 25.1 Å². The van der Waals surface area contributed by atoms with Gasteiger partial charge >= 0.3 is 0 Å². The summed E-state index contributed by atoms with van der Waals surface area (Å²) >= 11 is 0. The Kier molecular flexibility index (Phi) is 5.80. The number of nitrogens with zero attached hydrogens (tertiary/aromatic N) is 1. The van der Waals surface area contributed by atoms with E-state index >= 15 is 0 Å². The first-order chi connectivity index (χ1) is 10.5. The number of aryl methyl sites for hydroxylation is 1. The van der Waals surface area contributed by atoms with Crippen LogP contribution in [0, 0.1) is 6.92 Å². The lowest BCUT2D eigenvalue weighted by atomic mass is 10.1. The summed E-state index contributed by atoms with van der Waals surface area (Å²) in [6.07, 6.45) is 3.41. The van der Waals surface area contributed by atoms with Crippen LogP contribution in [0.4, 0.5) is 0 Å². The average Bonchev–Trinajstić information content (AvgIpc) is 2.95. The molecule has 1 aromatic carbocycles. The highest BCUT2D eigenvalue weighted by atomic mass is 35.5. The highest BCUT2D eigenvalue weighted by Gasteiger charge is 2.21. The van der Waals surface area contributed by atoms with Gasteiger partial charge in [-0.1, -0.05) is 12.1 Å². The van der Waals surface area contributed by atoms with E-state index in [0.29, 0.717) is 18.1 Å². The lowest BCUT2D eigenvalue weighted by Gasteiger charge is -2.23. The van der Waals surface area contributed by atoms with Gasteiger partial charge in [-0.05, 0) is 31.5 Å². The molecule has 0 aliphatic carbocycles. The van der Waals surface area contributed by atoms with Crippen LogP contribution in [0.25, 0.3) is 11.3 Å². The molecule has 1 aromatic heterocycles. The van der Waals surface area contributed by atoms with Crippen LogP contribution in [0.2, 0.25) is 0 Å². The van der Waals surface area contributed by atoms with Crippen LogP contribution in [-0.2, 0) is 10.0 Å². The van der Waals surface area contributed by atoms with Crippen molar-refractivity contribution >= 4 is 22.4 Å². The number of sulfonamides is 1. The average molecular weight is 358 g/mol. The van der Waals surface area contributed by atoms with Gasteiger partial charge in [-0.3, -0.25) is 0 Å². The van der Waals surface area contributed by atoms with E-state index in [1.165, 1.54) is 0 Å². The van der Waals surface area contributed by atoms with Gasteiger partial charge in [0.1, 0.15) is 12.0 Å². The SMILES string of the molecule is Cc1nc(-c2ccc(S(=O)(=O)NC3CCCNC3)cc2)co1.Cl. The fourth-order valence-corrected chi connectivity index (χ4v) is 3.81. The van der Waals surface area contributed by atoms with Gasteiger partial charge in [-0.25, -0.2) is 18.1 Å². The molecule has 8 heteroatoms. The molecule has 1 unspecified atom stereocenters. The molecule has 2 N–H and O–H groups in total. The maximum absolute atomic E-state index is 12.4. The van der Waals surface area contributed by atoms with Crippen molar-refractivity contribution in [3.05, 3.63) is 36.4 Å². The molecule has 1 saturated heterocycles. The molecule has 23 heavy (non-hydrogen) atoms. The molecule has 1 fully saturated rings. The Morgan fingerprint density at radius 2 is 2.04 bits per heavy atom. The van der Waals surface area contributed by atoms with Crippen LogP contribution in [0.5, 0.6) is 0 Å². The first kappa shape index (κ1) is 17.9. The third-order valence-electron chi connectivity index (χ3n) is 3.70. The largest absolute Gasteiger partial charge is 0.449 e. The van der Waals surface area contributed by atoms with Crippen molar-refractivity contribution in [2.45, 2.75) is 30.7 Å². The molecule has 0 bridgehead atoms. The van der Waals surface area contributed by atoms with Crippen molar-refractivity contribution in [2.24, 2.45) is 0 Å². The van der Waals surface area contributed by atoms with Crippen LogP contribution in [0.1, 0.15) is 18.7 Å². The van der Waals surface area contributed by atoms with E-state index in [1.54, 1.807) is 37.5 Å². The summed E-state index contributed by atoms with van der Waals surface area (Å²) in [6, 6.07) is 6.63. The minimum atomic E-state index is -3.49. The second-order valence-electron chi connectivity index (χ2n) is 5.44. The van der Waals surface area contributed by atoms with Crippen LogP contribution < -0.4 is 10.0 Å². The zero-order valence-electron chi connectivity index (χ0n) is 12.8. The Balaban J connectivity index is 0.00000192. The predicted octanol–water partition coefficient (Wildman–Crippen LogP) is 2.10. The monoisotopic (exact) mass is 357 g/mol. The van der Waals surface area contributed by atoms with Gasteiger partial charge in [0.15, 0.2) is 5.89 Å². The molecule has 1 aliphatic heterocycles. The zero-order valence-corrected chi connectivity index (χ0v) is 14.4. The summed E-state index contributed by atoms with van der Waals surface area (Å²) in [5, 5.41) is 3.20. The number of hydrogen-bond donors (Lipinski definition) is 2. The second kappa shape index (κ2) is 7.44.